The Kier molecular flexibility index (Phi) is 6.89. The first-order valence-electron chi connectivity index (χ1n) is 9.16. The topological polar surface area (TPSA) is 108 Å². The number of hydrogen-bond acceptors (Lipinski definition) is 4. The Bertz CT molecular complexity index is 767. The summed E-state index contributed by atoms with van der Waals surface area (Å²) in [5, 5.41) is 0. The van der Waals surface area contributed by atoms with Crippen molar-refractivity contribution in [3.05, 3.63) is 52.3 Å². The summed E-state index contributed by atoms with van der Waals surface area (Å²) in [5.74, 6) is 0.172. The molecule has 0 unspecified atom stereocenters. The van der Waals surface area contributed by atoms with Gasteiger partial charge >= 0.3 is 0 Å². The largest absolute Gasteiger partial charge is 0.370 e. The van der Waals surface area contributed by atoms with Crippen LogP contribution >= 0.6 is 0 Å². The van der Waals surface area contributed by atoms with Crippen LogP contribution in [0.1, 0.15) is 48.3 Å². The molecule has 0 saturated heterocycles. The average molecular weight is 354 g/mol. The second-order valence-corrected chi connectivity index (χ2v) is 7.15. The molecule has 0 aliphatic carbocycles. The zero-order valence-electron chi connectivity index (χ0n) is 16.0. The molecule has 1 amide bonds. The number of nitrogens with two attached hydrogens (primary N) is 3. The fraction of sp³-hybridized carbons (Fsp3) is 0.429. The first-order valence-corrected chi connectivity index (χ1v) is 9.16. The van der Waals surface area contributed by atoms with Gasteiger partial charge in [0.25, 0.3) is 0 Å². The first-order chi connectivity index (χ1) is 12.4. The molecule has 1 aromatic carbocycles. The van der Waals surface area contributed by atoms with Crippen LogP contribution in [0.3, 0.4) is 0 Å². The summed E-state index contributed by atoms with van der Waals surface area (Å²) in [6, 6.07) is 8.21. The van der Waals surface area contributed by atoms with Gasteiger partial charge in [0.1, 0.15) is 0 Å². The van der Waals surface area contributed by atoms with Crippen molar-refractivity contribution in [1.82, 2.24) is 4.98 Å². The molecule has 140 valence electrons. The van der Waals surface area contributed by atoms with E-state index < -0.39 is 0 Å². The third-order valence-electron chi connectivity index (χ3n) is 4.60. The SMILES string of the molecule is Cc1nc(CC(C)C)c(CN)c(-c2ccc(CN)cc2)c1CCC(N)=O. The summed E-state index contributed by atoms with van der Waals surface area (Å²) >= 11 is 0. The molecule has 0 spiro atoms. The number of primary amides is 1. The van der Waals surface area contributed by atoms with E-state index in [1.165, 1.54) is 0 Å². The number of pyridine rings is 1. The smallest absolute Gasteiger partial charge is 0.217 e. The third-order valence-corrected chi connectivity index (χ3v) is 4.60. The Morgan fingerprint density at radius 3 is 2.23 bits per heavy atom. The quantitative estimate of drug-likeness (QED) is 0.677. The molecule has 0 saturated carbocycles. The van der Waals surface area contributed by atoms with Crippen LogP contribution in [0, 0.1) is 12.8 Å². The van der Waals surface area contributed by atoms with Crippen molar-refractivity contribution < 1.29 is 4.79 Å². The molecular weight excluding hydrogens is 324 g/mol. The second-order valence-electron chi connectivity index (χ2n) is 7.15. The molecule has 26 heavy (non-hydrogen) atoms. The van der Waals surface area contributed by atoms with E-state index in [1.54, 1.807) is 0 Å². The standard InChI is InChI=1S/C21H30N4O/c1-13(2)10-19-18(12-23)21(16-6-4-15(11-22)5-7-16)17(14(3)25-19)8-9-20(24)26/h4-7,13H,8-12,22-23H2,1-3H3,(H2,24,26). The lowest BCUT2D eigenvalue weighted by molar-refractivity contribution is -0.117. The van der Waals surface area contributed by atoms with Gasteiger partial charge < -0.3 is 17.2 Å². The van der Waals surface area contributed by atoms with Crippen molar-refractivity contribution in [3.8, 4) is 11.1 Å². The van der Waals surface area contributed by atoms with E-state index >= 15 is 0 Å². The van der Waals surface area contributed by atoms with Gasteiger partial charge in [-0.2, -0.15) is 0 Å². The van der Waals surface area contributed by atoms with Gasteiger partial charge in [0.15, 0.2) is 0 Å². The number of aryl methyl sites for hydroxylation is 1. The number of benzene rings is 1. The van der Waals surface area contributed by atoms with Gasteiger partial charge in [-0.1, -0.05) is 38.1 Å². The predicted octanol–water partition coefficient (Wildman–Crippen LogP) is 2.59. The summed E-state index contributed by atoms with van der Waals surface area (Å²) in [4.78, 5) is 16.2. The fourth-order valence-corrected chi connectivity index (χ4v) is 3.33. The lowest BCUT2D eigenvalue weighted by Gasteiger charge is -2.21. The van der Waals surface area contributed by atoms with E-state index in [1.807, 2.05) is 19.1 Å². The Labute approximate surface area is 156 Å². The van der Waals surface area contributed by atoms with Crippen LogP contribution in [0.15, 0.2) is 24.3 Å². The van der Waals surface area contributed by atoms with Gasteiger partial charge in [-0.15, -0.1) is 0 Å². The van der Waals surface area contributed by atoms with Crippen LogP contribution in [-0.2, 0) is 30.7 Å². The minimum absolute atomic E-state index is 0.296. The van der Waals surface area contributed by atoms with Crippen LogP contribution in [0.4, 0.5) is 0 Å². The lowest BCUT2D eigenvalue weighted by atomic mass is 9.88. The maximum atomic E-state index is 11.3. The summed E-state index contributed by atoms with van der Waals surface area (Å²) in [6.45, 7) is 7.26. The van der Waals surface area contributed by atoms with E-state index in [4.69, 9.17) is 22.2 Å². The monoisotopic (exact) mass is 354 g/mol. The molecule has 1 aromatic heterocycles. The molecule has 6 N–H and O–H groups in total. The van der Waals surface area contributed by atoms with Crippen molar-refractivity contribution in [2.24, 2.45) is 23.1 Å². The summed E-state index contributed by atoms with van der Waals surface area (Å²) in [7, 11) is 0. The number of amides is 1. The third kappa shape index (κ3) is 4.68. The molecule has 5 nitrogen and oxygen atoms in total. The van der Waals surface area contributed by atoms with Crippen LogP contribution in [0.2, 0.25) is 0 Å². The molecule has 0 aliphatic heterocycles. The average Bonchev–Trinajstić information content (AvgIpc) is 2.59. The van der Waals surface area contributed by atoms with E-state index in [0.717, 1.165) is 45.6 Å². The van der Waals surface area contributed by atoms with Gasteiger partial charge in [-0.3, -0.25) is 9.78 Å². The Morgan fingerprint density at radius 1 is 1.08 bits per heavy atom. The van der Waals surface area contributed by atoms with Crippen LogP contribution in [0.5, 0.6) is 0 Å². The number of aromatic nitrogens is 1. The molecule has 0 fully saturated rings. The number of rotatable bonds is 8. The van der Waals surface area contributed by atoms with Gasteiger partial charge in [0.2, 0.25) is 5.91 Å². The van der Waals surface area contributed by atoms with Crippen molar-refractivity contribution in [1.29, 1.82) is 0 Å². The maximum absolute atomic E-state index is 11.3. The normalized spacial score (nSPS) is 11.2. The van der Waals surface area contributed by atoms with Gasteiger partial charge in [0.05, 0.1) is 0 Å². The fourth-order valence-electron chi connectivity index (χ4n) is 3.33. The van der Waals surface area contributed by atoms with Crippen molar-refractivity contribution >= 4 is 5.91 Å². The van der Waals surface area contributed by atoms with Gasteiger partial charge in [-0.05, 0) is 53.5 Å². The highest BCUT2D eigenvalue weighted by Gasteiger charge is 2.19. The molecule has 0 atom stereocenters. The minimum atomic E-state index is -0.311. The van der Waals surface area contributed by atoms with Crippen LogP contribution in [0.25, 0.3) is 11.1 Å². The Balaban J connectivity index is 2.67. The number of hydrogen-bond donors (Lipinski definition) is 3. The van der Waals surface area contributed by atoms with Gasteiger partial charge in [-0.25, -0.2) is 0 Å². The highest BCUT2D eigenvalue weighted by Crippen LogP contribution is 2.33. The zero-order valence-corrected chi connectivity index (χ0v) is 16.0. The molecule has 2 aromatic rings. The Hall–Kier alpha value is -2.24. The van der Waals surface area contributed by atoms with E-state index in [0.29, 0.717) is 31.8 Å². The molecule has 1 heterocycles. The number of nitrogens with zero attached hydrogens (tertiary/aromatic N) is 1. The predicted molar refractivity (Wildman–Crippen MR) is 106 cm³/mol. The van der Waals surface area contributed by atoms with Crippen molar-refractivity contribution in [2.45, 2.75) is 53.1 Å². The minimum Gasteiger partial charge on any atom is -0.370 e. The highest BCUT2D eigenvalue weighted by molar-refractivity contribution is 5.76. The molecule has 2 rings (SSSR count). The molecule has 0 aliphatic rings. The van der Waals surface area contributed by atoms with Crippen LogP contribution in [-0.4, -0.2) is 10.9 Å². The molecule has 0 bridgehead atoms. The maximum Gasteiger partial charge on any atom is 0.217 e. The summed E-state index contributed by atoms with van der Waals surface area (Å²) in [6.07, 6.45) is 1.73. The zero-order chi connectivity index (χ0) is 19.3. The molecule has 0 radical (unpaired) electrons. The summed E-state index contributed by atoms with van der Waals surface area (Å²) < 4.78 is 0. The number of carbonyl (C=O) groups excluding carboxylic acids is 1. The second kappa shape index (κ2) is 8.92. The van der Waals surface area contributed by atoms with Crippen molar-refractivity contribution in [3.63, 3.8) is 0 Å². The molecular formula is C21H30N4O. The Morgan fingerprint density at radius 2 is 1.73 bits per heavy atom. The van der Waals surface area contributed by atoms with E-state index in [9.17, 15) is 4.79 Å². The summed E-state index contributed by atoms with van der Waals surface area (Å²) in [5.41, 5.74) is 24.6. The van der Waals surface area contributed by atoms with Gasteiger partial charge in [0, 0.05) is 30.9 Å². The highest BCUT2D eigenvalue weighted by atomic mass is 16.1. The lowest BCUT2D eigenvalue weighted by Crippen LogP contribution is -2.16. The van der Waals surface area contributed by atoms with Crippen LogP contribution < -0.4 is 17.2 Å². The van der Waals surface area contributed by atoms with E-state index in [-0.39, 0.29) is 5.91 Å². The number of carbonyl (C=O) groups is 1. The van der Waals surface area contributed by atoms with E-state index in [2.05, 4.69) is 26.0 Å². The van der Waals surface area contributed by atoms with Crippen molar-refractivity contribution in [2.75, 3.05) is 0 Å². The molecule has 5 heteroatoms. The first kappa shape index (κ1) is 20.1.